The quantitative estimate of drug-likeness (QED) is 0.334. The zero-order valence-corrected chi connectivity index (χ0v) is 17.5. The zero-order valence-electron chi connectivity index (χ0n) is 17.5. The number of para-hydroxylation sites is 1. The van der Waals surface area contributed by atoms with Gasteiger partial charge in [0.05, 0.1) is 47.7 Å². The minimum absolute atomic E-state index is 0.219. The number of morpholine rings is 1. The largest absolute Gasteiger partial charge is 0.378 e. The van der Waals surface area contributed by atoms with E-state index in [9.17, 15) is 4.39 Å². The van der Waals surface area contributed by atoms with Crippen LogP contribution >= 0.6 is 0 Å². The molecule has 0 atom stereocenters. The van der Waals surface area contributed by atoms with Crippen molar-refractivity contribution in [2.75, 3.05) is 36.3 Å². The van der Waals surface area contributed by atoms with Gasteiger partial charge < -0.3 is 9.64 Å². The molecule has 5 rings (SSSR count). The Morgan fingerprint density at radius 3 is 2.59 bits per heavy atom. The Bertz CT molecular complexity index is 1260. The second-order valence-corrected chi connectivity index (χ2v) is 7.55. The van der Waals surface area contributed by atoms with Crippen molar-refractivity contribution < 1.29 is 13.6 Å². The number of fused-ring (bicyclic) bond motifs is 1. The van der Waals surface area contributed by atoms with E-state index in [0.29, 0.717) is 65.0 Å². The molecule has 0 aliphatic carbocycles. The summed E-state index contributed by atoms with van der Waals surface area (Å²) < 4.78 is 36.2. The first kappa shape index (κ1) is 20.3. The molecular weight excluding hydrogens is 412 g/mol. The lowest BCUT2D eigenvalue weighted by atomic mass is 10.0. The van der Waals surface area contributed by atoms with Gasteiger partial charge in [0.1, 0.15) is 5.69 Å². The number of ether oxygens (including phenoxy) is 1. The molecular formula is C24H21F2N5O. The maximum Gasteiger partial charge on any atom is 0.239 e. The first-order valence-electron chi connectivity index (χ1n) is 10.4. The van der Waals surface area contributed by atoms with Crippen molar-refractivity contribution in [3.05, 3.63) is 72.4 Å². The summed E-state index contributed by atoms with van der Waals surface area (Å²) in [6.07, 6.45) is 3.09. The summed E-state index contributed by atoms with van der Waals surface area (Å²) in [5, 5.41) is 0.946. The SMILES string of the molecule is Cc1c(-c2ccccn2)nc2ccccc2c1N(F)c1cc(N2CCOCC2)cnc1F. The van der Waals surface area contributed by atoms with E-state index in [4.69, 9.17) is 9.72 Å². The normalized spacial score (nSPS) is 14.0. The summed E-state index contributed by atoms with van der Waals surface area (Å²) in [4.78, 5) is 14.9. The Morgan fingerprint density at radius 1 is 1.03 bits per heavy atom. The van der Waals surface area contributed by atoms with Crippen LogP contribution in [0.5, 0.6) is 0 Å². The molecule has 0 amide bonds. The Morgan fingerprint density at radius 2 is 1.81 bits per heavy atom. The van der Waals surface area contributed by atoms with Gasteiger partial charge in [0, 0.05) is 30.2 Å². The van der Waals surface area contributed by atoms with E-state index in [1.165, 1.54) is 12.3 Å². The van der Waals surface area contributed by atoms with Gasteiger partial charge >= 0.3 is 0 Å². The summed E-state index contributed by atoms with van der Waals surface area (Å²) in [7, 11) is 0. The molecule has 6 nitrogen and oxygen atoms in total. The lowest BCUT2D eigenvalue weighted by molar-refractivity contribution is 0.122. The van der Waals surface area contributed by atoms with Gasteiger partial charge in [-0.3, -0.25) is 4.98 Å². The summed E-state index contributed by atoms with van der Waals surface area (Å²) in [6, 6.07) is 14.2. The van der Waals surface area contributed by atoms with Crippen LogP contribution in [-0.2, 0) is 4.74 Å². The Kier molecular flexibility index (Phi) is 5.36. The highest BCUT2D eigenvalue weighted by Crippen LogP contribution is 2.40. The average molecular weight is 433 g/mol. The van der Waals surface area contributed by atoms with Gasteiger partial charge in [-0.25, -0.2) is 9.97 Å². The average Bonchev–Trinajstić information content (AvgIpc) is 2.85. The van der Waals surface area contributed by atoms with E-state index in [2.05, 4.69) is 9.97 Å². The molecule has 1 saturated heterocycles. The van der Waals surface area contributed by atoms with E-state index in [1.807, 2.05) is 23.1 Å². The molecule has 1 aliphatic rings. The minimum Gasteiger partial charge on any atom is -0.378 e. The molecule has 4 heterocycles. The molecule has 8 heteroatoms. The smallest absolute Gasteiger partial charge is 0.239 e. The van der Waals surface area contributed by atoms with Crippen molar-refractivity contribution >= 4 is 28.0 Å². The third-order valence-corrected chi connectivity index (χ3v) is 5.60. The molecule has 3 aromatic heterocycles. The zero-order chi connectivity index (χ0) is 22.1. The van der Waals surface area contributed by atoms with E-state index >= 15 is 4.48 Å². The van der Waals surface area contributed by atoms with Crippen molar-refractivity contribution in [2.24, 2.45) is 0 Å². The van der Waals surface area contributed by atoms with E-state index in [-0.39, 0.29) is 11.4 Å². The second-order valence-electron chi connectivity index (χ2n) is 7.55. The van der Waals surface area contributed by atoms with Crippen LogP contribution in [-0.4, -0.2) is 41.3 Å². The van der Waals surface area contributed by atoms with E-state index in [1.54, 1.807) is 37.4 Å². The highest BCUT2D eigenvalue weighted by molar-refractivity contribution is 5.97. The molecule has 4 aromatic rings. The van der Waals surface area contributed by atoms with Gasteiger partial charge in [0.2, 0.25) is 5.95 Å². The number of nitrogens with zero attached hydrogens (tertiary/aromatic N) is 5. The lowest BCUT2D eigenvalue weighted by Crippen LogP contribution is -2.36. The van der Waals surface area contributed by atoms with Crippen LogP contribution < -0.4 is 10.0 Å². The Hall–Kier alpha value is -3.65. The number of anilines is 3. The molecule has 1 aromatic carbocycles. The summed E-state index contributed by atoms with van der Waals surface area (Å²) >= 11 is 0. The molecule has 0 radical (unpaired) electrons. The van der Waals surface area contributed by atoms with Gasteiger partial charge in [0.25, 0.3) is 0 Å². The highest BCUT2D eigenvalue weighted by Gasteiger charge is 2.24. The first-order chi connectivity index (χ1) is 15.6. The van der Waals surface area contributed by atoms with Crippen LogP contribution in [0.3, 0.4) is 0 Å². The Labute approximate surface area is 184 Å². The van der Waals surface area contributed by atoms with E-state index in [0.717, 1.165) is 0 Å². The molecule has 1 aliphatic heterocycles. The number of hydrogen-bond acceptors (Lipinski definition) is 6. The second kappa shape index (κ2) is 8.47. The van der Waals surface area contributed by atoms with Gasteiger partial charge in [-0.1, -0.05) is 28.7 Å². The molecule has 1 fully saturated rings. The van der Waals surface area contributed by atoms with Crippen molar-refractivity contribution in [3.8, 4) is 11.4 Å². The van der Waals surface area contributed by atoms with E-state index < -0.39 is 5.95 Å². The molecule has 0 spiro atoms. The summed E-state index contributed by atoms with van der Waals surface area (Å²) in [5.41, 5.74) is 2.92. The van der Waals surface area contributed by atoms with Crippen LogP contribution in [0.4, 0.5) is 25.9 Å². The van der Waals surface area contributed by atoms with Crippen LogP contribution in [0.15, 0.2) is 60.9 Å². The van der Waals surface area contributed by atoms with Crippen LogP contribution in [0.25, 0.3) is 22.3 Å². The molecule has 0 unspecified atom stereocenters. The maximum absolute atomic E-state index is 16.0. The van der Waals surface area contributed by atoms with Crippen molar-refractivity contribution in [1.82, 2.24) is 15.0 Å². The first-order valence-corrected chi connectivity index (χ1v) is 10.4. The summed E-state index contributed by atoms with van der Waals surface area (Å²) in [6.45, 7) is 4.17. The number of halogens is 2. The third-order valence-electron chi connectivity index (χ3n) is 5.60. The predicted molar refractivity (Wildman–Crippen MR) is 120 cm³/mol. The van der Waals surface area contributed by atoms with Crippen molar-refractivity contribution in [1.29, 1.82) is 0 Å². The van der Waals surface area contributed by atoms with Gasteiger partial charge in [-0.2, -0.15) is 9.51 Å². The summed E-state index contributed by atoms with van der Waals surface area (Å²) in [5.74, 6) is -0.885. The van der Waals surface area contributed by atoms with Crippen LogP contribution in [0, 0.1) is 12.9 Å². The number of hydrogen-bond donors (Lipinski definition) is 0. The van der Waals surface area contributed by atoms with Crippen molar-refractivity contribution in [2.45, 2.75) is 6.92 Å². The van der Waals surface area contributed by atoms with Gasteiger partial charge in [0.15, 0.2) is 0 Å². The predicted octanol–water partition coefficient (Wildman–Crippen LogP) is 5.00. The number of pyridine rings is 3. The minimum atomic E-state index is -0.885. The fourth-order valence-electron chi connectivity index (χ4n) is 3.97. The Balaban J connectivity index is 1.67. The molecule has 0 bridgehead atoms. The molecule has 162 valence electrons. The standard InChI is InChI=1S/C24H21F2N5O/c1-16-22(20-8-4-5-9-27-20)29-19-7-3-2-6-18(19)23(16)31(26)21-14-17(15-28-24(21)25)30-10-12-32-13-11-30/h2-9,14-15H,10-13H2,1H3. The fraction of sp³-hybridized carbons (Fsp3) is 0.208. The van der Waals surface area contributed by atoms with Gasteiger partial charge in [-0.05, 0) is 31.2 Å². The number of aromatic nitrogens is 3. The van der Waals surface area contributed by atoms with Crippen molar-refractivity contribution in [3.63, 3.8) is 0 Å². The molecule has 0 N–H and O–H groups in total. The van der Waals surface area contributed by atoms with Crippen LogP contribution in [0.2, 0.25) is 0 Å². The highest BCUT2D eigenvalue weighted by atomic mass is 19.2. The number of rotatable bonds is 4. The lowest BCUT2D eigenvalue weighted by Gasteiger charge is -2.29. The monoisotopic (exact) mass is 433 g/mol. The topological polar surface area (TPSA) is 54.4 Å². The fourth-order valence-corrected chi connectivity index (χ4v) is 3.97. The van der Waals surface area contributed by atoms with Crippen LogP contribution in [0.1, 0.15) is 5.56 Å². The number of benzene rings is 1. The molecule has 32 heavy (non-hydrogen) atoms. The maximum atomic E-state index is 16.0. The third kappa shape index (κ3) is 3.62. The van der Waals surface area contributed by atoms with Gasteiger partial charge in [-0.15, -0.1) is 0 Å². The molecule has 0 saturated carbocycles.